The van der Waals surface area contributed by atoms with Crippen LogP contribution in [0.2, 0.25) is 0 Å². The minimum atomic E-state index is -0.861. The van der Waals surface area contributed by atoms with Crippen LogP contribution < -0.4 is 0 Å². The molecule has 4 aliphatic rings. The molecule has 8 nitrogen and oxygen atoms in total. The molecule has 1 aliphatic carbocycles. The number of amides is 3. The lowest BCUT2D eigenvalue weighted by atomic mass is 9.98. The maximum Gasteiger partial charge on any atom is 0.238 e. The number of ether oxygens (including phenoxy) is 2. The van der Waals surface area contributed by atoms with Crippen molar-refractivity contribution < 1.29 is 23.9 Å². The fourth-order valence-corrected chi connectivity index (χ4v) is 4.31. The molecule has 26 heavy (non-hydrogen) atoms. The van der Waals surface area contributed by atoms with Gasteiger partial charge >= 0.3 is 0 Å². The Hall–Kier alpha value is -1.67. The van der Waals surface area contributed by atoms with E-state index in [1.165, 1.54) is 0 Å². The van der Waals surface area contributed by atoms with Crippen molar-refractivity contribution in [3.05, 3.63) is 0 Å². The van der Waals surface area contributed by atoms with E-state index in [-0.39, 0.29) is 17.7 Å². The summed E-state index contributed by atoms with van der Waals surface area (Å²) in [5.41, 5.74) is -0.861. The van der Waals surface area contributed by atoms with Crippen molar-refractivity contribution in [3.63, 3.8) is 0 Å². The van der Waals surface area contributed by atoms with E-state index in [1.54, 1.807) is 16.7 Å². The molecule has 3 amide bonds. The Morgan fingerprint density at radius 2 is 1.15 bits per heavy atom. The number of piperazine rings is 1. The molecule has 4 rings (SSSR count). The molecule has 0 aromatic heterocycles. The molecule has 3 saturated heterocycles. The highest BCUT2D eigenvalue weighted by molar-refractivity contribution is 6.08. The molecule has 144 valence electrons. The molecular formula is C18H27N3O5. The fourth-order valence-electron chi connectivity index (χ4n) is 4.31. The number of nitrogens with zero attached hydrogens (tertiary/aromatic N) is 3. The van der Waals surface area contributed by atoms with E-state index >= 15 is 0 Å². The van der Waals surface area contributed by atoms with Crippen molar-refractivity contribution in [3.8, 4) is 0 Å². The van der Waals surface area contributed by atoms with Gasteiger partial charge in [0.1, 0.15) is 5.41 Å². The van der Waals surface area contributed by atoms with Crippen LogP contribution >= 0.6 is 0 Å². The molecule has 0 bridgehead atoms. The molecule has 1 spiro atoms. The highest BCUT2D eigenvalue weighted by atomic mass is 16.7. The van der Waals surface area contributed by atoms with Crippen LogP contribution in [0.15, 0.2) is 0 Å². The molecule has 0 N–H and O–H groups in total. The smallest absolute Gasteiger partial charge is 0.238 e. The van der Waals surface area contributed by atoms with Crippen LogP contribution in [0, 0.1) is 5.41 Å². The van der Waals surface area contributed by atoms with Crippen LogP contribution in [0.4, 0.5) is 0 Å². The van der Waals surface area contributed by atoms with Crippen molar-refractivity contribution >= 4 is 17.7 Å². The molecule has 0 aromatic rings. The van der Waals surface area contributed by atoms with Gasteiger partial charge in [-0.25, -0.2) is 0 Å². The van der Waals surface area contributed by atoms with Crippen molar-refractivity contribution in [2.24, 2.45) is 5.41 Å². The lowest BCUT2D eigenvalue weighted by molar-refractivity contribution is -0.189. The predicted octanol–water partition coefficient (Wildman–Crippen LogP) is -0.177. The Labute approximate surface area is 153 Å². The summed E-state index contributed by atoms with van der Waals surface area (Å²) in [5.74, 6) is -0.572. The Balaban J connectivity index is 1.35. The number of hydrogen-bond acceptors (Lipinski definition) is 5. The number of likely N-dealkylation sites (tertiary alicyclic amines) is 1. The summed E-state index contributed by atoms with van der Waals surface area (Å²) < 4.78 is 11.4. The first-order valence-corrected chi connectivity index (χ1v) is 9.58. The summed E-state index contributed by atoms with van der Waals surface area (Å²) in [5, 5.41) is 0. The van der Waals surface area contributed by atoms with E-state index in [9.17, 15) is 14.4 Å². The maximum absolute atomic E-state index is 13.1. The normalized spacial score (nSPS) is 26.9. The first kappa shape index (κ1) is 17.7. The molecule has 0 unspecified atom stereocenters. The third-order valence-electron chi connectivity index (χ3n) is 6.21. The second-order valence-corrected chi connectivity index (χ2v) is 7.78. The van der Waals surface area contributed by atoms with Gasteiger partial charge in [-0.2, -0.15) is 0 Å². The highest BCUT2D eigenvalue weighted by Gasteiger charge is 2.60. The first-order valence-electron chi connectivity index (χ1n) is 9.58. The van der Waals surface area contributed by atoms with Crippen LogP contribution in [0.25, 0.3) is 0 Å². The second-order valence-electron chi connectivity index (χ2n) is 7.78. The molecule has 3 heterocycles. The van der Waals surface area contributed by atoms with E-state index in [0.717, 1.165) is 0 Å². The summed E-state index contributed by atoms with van der Waals surface area (Å²) in [6, 6.07) is 0. The maximum atomic E-state index is 13.1. The first-order chi connectivity index (χ1) is 12.5. The number of piperidine rings is 1. The van der Waals surface area contributed by atoms with Crippen LogP contribution in [-0.4, -0.2) is 90.7 Å². The molecule has 0 aromatic carbocycles. The summed E-state index contributed by atoms with van der Waals surface area (Å²) in [4.78, 5) is 42.9. The van der Waals surface area contributed by atoms with E-state index < -0.39 is 11.2 Å². The molecule has 4 fully saturated rings. The van der Waals surface area contributed by atoms with Gasteiger partial charge in [-0.15, -0.1) is 0 Å². The van der Waals surface area contributed by atoms with Gasteiger partial charge in [-0.1, -0.05) is 0 Å². The van der Waals surface area contributed by atoms with Crippen molar-refractivity contribution in [2.45, 2.75) is 38.4 Å². The summed E-state index contributed by atoms with van der Waals surface area (Å²) in [7, 11) is 0. The van der Waals surface area contributed by atoms with Gasteiger partial charge in [0.25, 0.3) is 0 Å². The molecule has 1 saturated carbocycles. The van der Waals surface area contributed by atoms with E-state index in [1.807, 2.05) is 4.90 Å². The van der Waals surface area contributed by atoms with Gasteiger partial charge in [0.15, 0.2) is 5.79 Å². The summed E-state index contributed by atoms with van der Waals surface area (Å²) in [6.45, 7) is 6.04. The van der Waals surface area contributed by atoms with Crippen LogP contribution in [0.1, 0.15) is 32.6 Å². The summed E-state index contributed by atoms with van der Waals surface area (Å²) in [6.07, 6.45) is 2.60. The number of carbonyl (C=O) groups excluding carboxylic acids is 3. The van der Waals surface area contributed by atoms with Crippen molar-refractivity contribution in [2.75, 3.05) is 52.5 Å². The average molecular weight is 365 g/mol. The number of carbonyl (C=O) groups is 3. The van der Waals surface area contributed by atoms with Crippen molar-refractivity contribution in [1.29, 1.82) is 0 Å². The van der Waals surface area contributed by atoms with Gasteiger partial charge in [-0.3, -0.25) is 14.4 Å². The van der Waals surface area contributed by atoms with Crippen LogP contribution in [0.5, 0.6) is 0 Å². The number of hydrogen-bond donors (Lipinski definition) is 0. The Bertz CT molecular complexity index is 594. The average Bonchev–Trinajstić information content (AvgIpc) is 3.36. The van der Waals surface area contributed by atoms with E-state index in [2.05, 4.69) is 0 Å². The second kappa shape index (κ2) is 6.49. The molecular weight excluding hydrogens is 338 g/mol. The third-order valence-corrected chi connectivity index (χ3v) is 6.21. The van der Waals surface area contributed by atoms with Gasteiger partial charge in [0.2, 0.25) is 17.7 Å². The van der Waals surface area contributed by atoms with Gasteiger partial charge in [0.05, 0.1) is 13.2 Å². The largest absolute Gasteiger partial charge is 0.347 e. The van der Waals surface area contributed by atoms with Crippen molar-refractivity contribution in [1.82, 2.24) is 14.7 Å². The predicted molar refractivity (Wildman–Crippen MR) is 91.0 cm³/mol. The fraction of sp³-hybridized carbons (Fsp3) is 0.833. The molecule has 0 radical (unpaired) electrons. The standard InChI is InChI=1S/C18H27N3O5/c1-14(22)19-8-10-21(11-9-19)16(24)17(2-3-17)15(23)20-6-4-18(5-7-20)25-12-13-26-18/h2-13H2,1H3. The minimum Gasteiger partial charge on any atom is -0.347 e. The molecule has 3 aliphatic heterocycles. The topological polar surface area (TPSA) is 79.4 Å². The van der Waals surface area contributed by atoms with Gasteiger partial charge in [-0.05, 0) is 12.8 Å². The van der Waals surface area contributed by atoms with Crippen LogP contribution in [0.3, 0.4) is 0 Å². The van der Waals surface area contributed by atoms with Gasteiger partial charge < -0.3 is 24.2 Å². The Kier molecular flexibility index (Phi) is 4.43. The zero-order valence-electron chi connectivity index (χ0n) is 15.4. The Morgan fingerprint density at radius 1 is 0.692 bits per heavy atom. The van der Waals surface area contributed by atoms with E-state index in [4.69, 9.17) is 9.47 Å². The molecule has 8 heteroatoms. The Morgan fingerprint density at radius 3 is 1.62 bits per heavy atom. The van der Waals surface area contributed by atoms with Crippen LogP contribution in [-0.2, 0) is 23.9 Å². The lowest BCUT2D eigenvalue weighted by Crippen LogP contribution is -2.56. The minimum absolute atomic E-state index is 0.0351. The zero-order chi connectivity index (χ0) is 18.4. The lowest BCUT2D eigenvalue weighted by Gasteiger charge is -2.40. The number of rotatable bonds is 2. The van der Waals surface area contributed by atoms with Gasteiger partial charge in [0, 0.05) is 59.0 Å². The monoisotopic (exact) mass is 365 g/mol. The SMILES string of the molecule is CC(=O)N1CCN(C(=O)C2(C(=O)N3CCC4(CC3)OCCO4)CC2)CC1. The highest BCUT2D eigenvalue weighted by Crippen LogP contribution is 2.49. The summed E-state index contributed by atoms with van der Waals surface area (Å²) >= 11 is 0. The third kappa shape index (κ3) is 2.99. The molecule has 0 atom stereocenters. The quantitative estimate of drug-likeness (QED) is 0.635. The zero-order valence-corrected chi connectivity index (χ0v) is 15.4. The van der Waals surface area contributed by atoms with E-state index in [0.29, 0.717) is 78.2 Å².